The molecule has 2 aromatic carbocycles. The fourth-order valence-electron chi connectivity index (χ4n) is 3.64. The first-order valence-electron chi connectivity index (χ1n) is 11.0. The number of benzene rings is 2. The van der Waals surface area contributed by atoms with Gasteiger partial charge in [0.25, 0.3) is 0 Å². The summed E-state index contributed by atoms with van der Waals surface area (Å²) in [6, 6.07) is 21.6. The van der Waals surface area contributed by atoms with E-state index in [-0.39, 0.29) is 0 Å². The lowest BCUT2D eigenvalue weighted by Crippen LogP contribution is -2.00. The minimum atomic E-state index is 0.290. The predicted octanol–water partition coefficient (Wildman–Crippen LogP) is 7.42. The lowest BCUT2D eigenvalue weighted by Gasteiger charge is -2.13. The van der Waals surface area contributed by atoms with Gasteiger partial charge < -0.3 is 4.74 Å². The Hall–Kier alpha value is -2.61. The molecule has 1 unspecified atom stereocenters. The zero-order valence-electron chi connectivity index (χ0n) is 18.0. The van der Waals surface area contributed by atoms with Crippen LogP contribution in [-0.4, -0.2) is 11.6 Å². The summed E-state index contributed by atoms with van der Waals surface area (Å²) in [7, 11) is 0. The largest absolute Gasteiger partial charge is 0.494 e. The number of ether oxygens (including phenoxy) is 1. The topological polar surface area (TPSA) is 22.1 Å². The number of unbranched alkanes of at least 4 members (excludes halogenated alkanes) is 3. The molecule has 0 aliphatic carbocycles. The van der Waals surface area contributed by atoms with Gasteiger partial charge >= 0.3 is 0 Å². The van der Waals surface area contributed by atoms with Crippen molar-refractivity contribution in [3.63, 3.8) is 0 Å². The van der Waals surface area contributed by atoms with Crippen LogP contribution in [0.4, 0.5) is 0 Å². The maximum absolute atomic E-state index is 5.53. The Kier molecular flexibility index (Phi) is 7.86. The summed E-state index contributed by atoms with van der Waals surface area (Å²) in [6.45, 7) is 7.18. The molecule has 0 N–H and O–H groups in total. The predicted molar refractivity (Wildman–Crippen MR) is 123 cm³/mol. The molecule has 0 bridgehead atoms. The Morgan fingerprint density at radius 2 is 1.48 bits per heavy atom. The average molecular weight is 388 g/mol. The van der Waals surface area contributed by atoms with Gasteiger partial charge in [0, 0.05) is 17.8 Å². The Balaban J connectivity index is 1.63. The molecule has 0 aliphatic rings. The zero-order valence-corrected chi connectivity index (χ0v) is 18.0. The van der Waals surface area contributed by atoms with Crippen LogP contribution in [0.2, 0.25) is 0 Å². The molecule has 0 spiro atoms. The van der Waals surface area contributed by atoms with Crippen molar-refractivity contribution in [1.29, 1.82) is 0 Å². The van der Waals surface area contributed by atoms with Crippen LogP contribution in [-0.2, 0) is 6.42 Å². The van der Waals surface area contributed by atoms with E-state index in [1.165, 1.54) is 47.9 Å². The van der Waals surface area contributed by atoms with Crippen LogP contribution < -0.4 is 4.74 Å². The number of rotatable bonds is 10. The highest BCUT2D eigenvalue weighted by Gasteiger charge is 2.10. The monoisotopic (exact) mass is 387 g/mol. The van der Waals surface area contributed by atoms with Gasteiger partial charge in [-0.05, 0) is 60.2 Å². The lowest BCUT2D eigenvalue weighted by atomic mass is 9.94. The highest BCUT2D eigenvalue weighted by Crippen LogP contribution is 2.27. The van der Waals surface area contributed by atoms with Gasteiger partial charge in [-0.25, -0.2) is 0 Å². The number of hydrogen-bond acceptors (Lipinski definition) is 2. The Bertz CT molecular complexity index is 851. The second-order valence-corrected chi connectivity index (χ2v) is 7.70. The van der Waals surface area contributed by atoms with Crippen LogP contribution in [0.1, 0.15) is 69.2 Å². The van der Waals surface area contributed by atoms with Crippen LogP contribution >= 0.6 is 0 Å². The van der Waals surface area contributed by atoms with E-state index in [2.05, 4.69) is 68.6 Å². The van der Waals surface area contributed by atoms with Crippen LogP contribution in [0.25, 0.3) is 11.1 Å². The van der Waals surface area contributed by atoms with Crippen molar-refractivity contribution in [2.24, 2.45) is 0 Å². The minimum Gasteiger partial charge on any atom is -0.494 e. The first kappa shape index (κ1) is 21.1. The van der Waals surface area contributed by atoms with Gasteiger partial charge in [0.05, 0.1) is 6.61 Å². The molecule has 0 aliphatic heterocycles. The second kappa shape index (κ2) is 10.8. The summed E-state index contributed by atoms with van der Waals surface area (Å²) in [5.41, 5.74) is 6.21. The molecule has 2 heteroatoms. The molecule has 0 saturated heterocycles. The van der Waals surface area contributed by atoms with E-state index < -0.39 is 0 Å². The number of aryl methyl sites for hydroxylation is 1. The van der Waals surface area contributed by atoms with Crippen LogP contribution in [0.3, 0.4) is 0 Å². The van der Waals surface area contributed by atoms with E-state index in [4.69, 9.17) is 9.72 Å². The fraction of sp³-hybridized carbons (Fsp3) is 0.370. The molecule has 0 radical (unpaired) electrons. The fourth-order valence-corrected chi connectivity index (χ4v) is 3.64. The number of hydrogen-bond donors (Lipinski definition) is 0. The van der Waals surface area contributed by atoms with Gasteiger partial charge in [-0.15, -0.1) is 0 Å². The molecule has 0 saturated carbocycles. The molecule has 152 valence electrons. The quantitative estimate of drug-likeness (QED) is 0.338. The first-order chi connectivity index (χ1) is 14.2. The Morgan fingerprint density at radius 3 is 2.07 bits per heavy atom. The van der Waals surface area contributed by atoms with Crippen molar-refractivity contribution in [1.82, 2.24) is 4.98 Å². The van der Waals surface area contributed by atoms with Crippen molar-refractivity contribution in [3.05, 3.63) is 83.7 Å². The molecule has 1 heterocycles. The van der Waals surface area contributed by atoms with Gasteiger partial charge in [0.15, 0.2) is 0 Å². The number of pyridine rings is 1. The van der Waals surface area contributed by atoms with E-state index >= 15 is 0 Å². The van der Waals surface area contributed by atoms with Crippen LogP contribution in [0, 0.1) is 0 Å². The third-order valence-corrected chi connectivity index (χ3v) is 5.52. The molecule has 29 heavy (non-hydrogen) atoms. The van der Waals surface area contributed by atoms with Crippen molar-refractivity contribution in [3.8, 4) is 16.9 Å². The molecular formula is C27H33NO. The smallest absolute Gasteiger partial charge is 0.119 e. The molecule has 2 nitrogen and oxygen atoms in total. The Morgan fingerprint density at radius 1 is 0.793 bits per heavy atom. The molecule has 1 atom stereocenters. The summed E-state index contributed by atoms with van der Waals surface area (Å²) in [4.78, 5) is 4.75. The molecular weight excluding hydrogens is 354 g/mol. The molecule has 3 rings (SSSR count). The van der Waals surface area contributed by atoms with Crippen molar-refractivity contribution in [2.75, 3.05) is 6.61 Å². The van der Waals surface area contributed by atoms with Crippen molar-refractivity contribution in [2.45, 2.75) is 58.8 Å². The van der Waals surface area contributed by atoms with Gasteiger partial charge in [0.1, 0.15) is 5.75 Å². The third-order valence-electron chi connectivity index (χ3n) is 5.52. The first-order valence-corrected chi connectivity index (χ1v) is 11.0. The summed E-state index contributed by atoms with van der Waals surface area (Å²) < 4.78 is 5.53. The zero-order chi connectivity index (χ0) is 20.5. The maximum atomic E-state index is 5.53. The van der Waals surface area contributed by atoms with E-state index in [0.29, 0.717) is 12.5 Å². The minimum absolute atomic E-state index is 0.290. The summed E-state index contributed by atoms with van der Waals surface area (Å²) in [5, 5.41) is 0. The van der Waals surface area contributed by atoms with Crippen molar-refractivity contribution >= 4 is 0 Å². The summed E-state index contributed by atoms with van der Waals surface area (Å²) >= 11 is 0. The van der Waals surface area contributed by atoms with Gasteiger partial charge in [-0.3, -0.25) is 4.98 Å². The SMILES string of the molecule is CCCCCCc1ccc(C(C)c2ccc(-c3ccc(OCC)cc3)cc2)nc1. The molecule has 0 fully saturated rings. The normalized spacial score (nSPS) is 12.0. The molecule has 1 aromatic heterocycles. The molecule has 0 amide bonds. The van der Waals surface area contributed by atoms with Crippen LogP contribution in [0.15, 0.2) is 66.9 Å². The highest BCUT2D eigenvalue weighted by atomic mass is 16.5. The standard InChI is InChI=1S/C27H33NO/c1-4-6-7-8-9-22-10-19-27(28-20-22)21(3)23-11-13-24(14-12-23)25-15-17-26(18-16-25)29-5-2/h10-21H,4-9H2,1-3H3. The second-order valence-electron chi connectivity index (χ2n) is 7.70. The Labute approximate surface area is 176 Å². The van der Waals surface area contributed by atoms with E-state index in [9.17, 15) is 0 Å². The van der Waals surface area contributed by atoms with E-state index in [1.807, 2.05) is 19.1 Å². The maximum Gasteiger partial charge on any atom is 0.119 e. The summed E-state index contributed by atoms with van der Waals surface area (Å²) in [5.74, 6) is 1.21. The average Bonchev–Trinajstić information content (AvgIpc) is 2.78. The summed E-state index contributed by atoms with van der Waals surface area (Å²) in [6.07, 6.45) is 8.39. The highest BCUT2D eigenvalue weighted by molar-refractivity contribution is 5.64. The van der Waals surface area contributed by atoms with Gasteiger partial charge in [-0.1, -0.05) is 75.6 Å². The van der Waals surface area contributed by atoms with Gasteiger partial charge in [0.2, 0.25) is 0 Å². The van der Waals surface area contributed by atoms with Crippen LogP contribution in [0.5, 0.6) is 5.75 Å². The van der Waals surface area contributed by atoms with Gasteiger partial charge in [-0.2, -0.15) is 0 Å². The number of aromatic nitrogens is 1. The lowest BCUT2D eigenvalue weighted by molar-refractivity contribution is 0.340. The number of nitrogens with zero attached hydrogens (tertiary/aromatic N) is 1. The van der Waals surface area contributed by atoms with E-state index in [0.717, 1.165) is 17.9 Å². The van der Waals surface area contributed by atoms with E-state index in [1.54, 1.807) is 0 Å². The third kappa shape index (κ3) is 5.93. The molecule has 3 aromatic rings. The van der Waals surface area contributed by atoms with Crippen molar-refractivity contribution < 1.29 is 4.74 Å².